The Morgan fingerprint density at radius 3 is 2.03 bits per heavy atom. The molecule has 16 fully saturated rings. The molecule has 0 amide bonds. The van der Waals surface area contributed by atoms with Crippen LogP contribution in [0.25, 0.3) is 0 Å². The van der Waals surface area contributed by atoms with Crippen LogP contribution in [-0.2, 0) is 75.8 Å². The molecule has 0 aromatic heterocycles. The Morgan fingerprint density at radius 1 is 0.506 bits per heavy atom. The van der Waals surface area contributed by atoms with E-state index < -0.39 is 72.8 Å². The molecule has 19 heteroatoms. The Balaban J connectivity index is 0.655. The lowest BCUT2D eigenvalue weighted by atomic mass is 9.79. The number of carbonyl (C=O) groups is 1. The van der Waals surface area contributed by atoms with Gasteiger partial charge in [-0.2, -0.15) is 0 Å². The van der Waals surface area contributed by atoms with Gasteiger partial charge in [-0.3, -0.25) is 4.79 Å². The van der Waals surface area contributed by atoms with E-state index in [1.54, 1.807) is 0 Å². The summed E-state index contributed by atoms with van der Waals surface area (Å²) in [6.07, 6.45) is 2.17. The van der Waals surface area contributed by atoms with Gasteiger partial charge in [0.05, 0.1) is 129 Å². The SMILES string of the molecule is C=C1C[C@@H]2CCC34C[C@@H]5O[C@H]6[C@@H](O3)[C@H]3O[C@H](CC[C@@H]3O[C@H]6[C@@H]5O4)CC(=O)O[C@@H]3[C@@H](C)[C@@H]4O[C@@H]5C[C@]6(C[C@@H]7O[C@]8(C[C@H](C)[C@@H]9O[C@H]([C@@H](O)C[C@@H](O)CO)C[C@@H]9O8)C[C@H](C)[C@@H]7O6)O[C@@H]5C[C@@H]4O[C@H]3C[C@H]3O[C@@H](CCC1O2)C[C@@H](C)C3=C. The van der Waals surface area contributed by atoms with Gasteiger partial charge in [0.25, 0.3) is 0 Å². The van der Waals surface area contributed by atoms with Gasteiger partial charge in [-0.15, -0.1) is 0 Å². The molecule has 3 N–H and O–H groups in total. The van der Waals surface area contributed by atoms with E-state index in [0.717, 1.165) is 49.7 Å². The first-order valence-electron chi connectivity index (χ1n) is 30.8. The van der Waals surface area contributed by atoms with Gasteiger partial charge >= 0.3 is 5.97 Å². The zero-order valence-electron chi connectivity index (χ0n) is 46.5. The third kappa shape index (κ3) is 9.43. The number of esters is 1. The molecule has 16 heterocycles. The van der Waals surface area contributed by atoms with Gasteiger partial charge in [-0.25, -0.2) is 0 Å². The smallest absolute Gasteiger partial charge is 0.308 e. The largest absolute Gasteiger partial charge is 0.459 e. The van der Waals surface area contributed by atoms with E-state index in [0.29, 0.717) is 64.2 Å². The van der Waals surface area contributed by atoms with E-state index in [-0.39, 0.29) is 146 Å². The van der Waals surface area contributed by atoms with Crippen LogP contribution in [0.5, 0.6) is 0 Å². The van der Waals surface area contributed by atoms with E-state index in [2.05, 4.69) is 40.9 Å². The number of carbonyl (C=O) groups excluding carboxylic acids is 1. The molecule has 440 valence electrons. The zero-order chi connectivity index (χ0) is 54.0. The minimum absolute atomic E-state index is 0.0143. The molecule has 0 aromatic rings. The summed E-state index contributed by atoms with van der Waals surface area (Å²) in [6.45, 7) is 17.4. The molecule has 16 saturated heterocycles. The summed E-state index contributed by atoms with van der Waals surface area (Å²) in [5.41, 5.74) is 2.15. The van der Waals surface area contributed by atoms with Gasteiger partial charge in [0.2, 0.25) is 0 Å². The number of rotatable bonds is 4. The van der Waals surface area contributed by atoms with Crippen molar-refractivity contribution in [1.82, 2.24) is 0 Å². The molecule has 16 aliphatic rings. The lowest BCUT2D eigenvalue weighted by molar-refractivity contribution is -0.347. The van der Waals surface area contributed by atoms with E-state index in [1.165, 1.54) is 0 Å². The maximum Gasteiger partial charge on any atom is 0.308 e. The molecule has 32 atom stereocenters. The minimum Gasteiger partial charge on any atom is -0.459 e. The predicted molar refractivity (Wildman–Crippen MR) is 274 cm³/mol. The third-order valence-electron chi connectivity index (χ3n) is 21.9. The van der Waals surface area contributed by atoms with Crippen LogP contribution in [0.2, 0.25) is 0 Å². The monoisotopic (exact) mass is 1110 g/mol. The average molecular weight is 1110 g/mol. The standard InChI is InChI=1S/C60H86O19/c1-26-13-33-7-9-37-27(2)14-35(65-37)11-12-58-23-46-54(78-58)55-56(72-46)57(79-58)53-38(69-55)10-8-34(67-53)16-48(64)73-52-31(6)51-43(68-42(52)17-39(66-33)30(26)5)19-41-45(71-51)22-60(74-41)24-47-50(77-60)29(4)21-59(76-47)20-28(3)49-44(75-59)18-40(70-49)36(63)15-32(62)25-61/h26,28-29,31-47,49-57,61-63H,2,5,7-25H2,1,3-4,6H3/t26-,28+,29+,31+,32-,33+,34-,35+,36+,37?,38+,39-,40+,41-,42+,43+,44+,45-,46+,47+,49+,50+,51+,52-,53+,54-,55+,56-,57+,58?,59-,60+/m1/s1. The Hall–Kier alpha value is -1.73. The lowest BCUT2D eigenvalue weighted by Crippen LogP contribution is -2.62. The zero-order valence-corrected chi connectivity index (χ0v) is 46.5. The van der Waals surface area contributed by atoms with E-state index >= 15 is 0 Å². The Bertz CT molecular complexity index is 2340. The molecule has 3 spiro atoms. The van der Waals surface area contributed by atoms with Gasteiger partial charge in [0, 0.05) is 70.1 Å². The highest BCUT2D eigenvalue weighted by atomic mass is 16.8. The van der Waals surface area contributed by atoms with Crippen LogP contribution >= 0.6 is 0 Å². The Morgan fingerprint density at radius 2 is 1.18 bits per heavy atom. The topological polar surface area (TPSA) is 216 Å². The summed E-state index contributed by atoms with van der Waals surface area (Å²) < 4.78 is 104. The van der Waals surface area contributed by atoms with Crippen LogP contribution in [-0.4, -0.2) is 198 Å². The number of hydrogen-bond acceptors (Lipinski definition) is 19. The molecule has 16 rings (SSSR count). The summed E-state index contributed by atoms with van der Waals surface area (Å²) in [4.78, 5) is 14.6. The predicted octanol–water partition coefficient (Wildman–Crippen LogP) is 4.93. The van der Waals surface area contributed by atoms with Crippen molar-refractivity contribution in [1.29, 1.82) is 0 Å². The molecule has 0 aliphatic carbocycles. The van der Waals surface area contributed by atoms with Crippen molar-refractivity contribution < 1.29 is 91.2 Å². The van der Waals surface area contributed by atoms with Crippen LogP contribution in [0.4, 0.5) is 0 Å². The summed E-state index contributed by atoms with van der Waals surface area (Å²) in [7, 11) is 0. The second kappa shape index (κ2) is 20.2. The van der Waals surface area contributed by atoms with Crippen molar-refractivity contribution in [3.05, 3.63) is 24.3 Å². The van der Waals surface area contributed by atoms with E-state index in [4.69, 9.17) is 71.1 Å². The molecule has 12 bridgehead atoms. The van der Waals surface area contributed by atoms with Crippen LogP contribution in [0.15, 0.2) is 24.3 Å². The number of fused-ring (bicyclic) bond motifs is 10. The molecule has 79 heavy (non-hydrogen) atoms. The van der Waals surface area contributed by atoms with Crippen LogP contribution in [0.3, 0.4) is 0 Å². The average Bonchev–Trinajstić information content (AvgIpc) is 4.25. The molecule has 16 aliphatic heterocycles. The molecule has 2 unspecified atom stereocenters. The number of aliphatic hydroxyl groups excluding tert-OH is 3. The number of hydrogen-bond donors (Lipinski definition) is 3. The van der Waals surface area contributed by atoms with Crippen molar-refractivity contribution in [2.24, 2.45) is 23.7 Å². The third-order valence-corrected chi connectivity index (χ3v) is 21.9. The first-order valence-corrected chi connectivity index (χ1v) is 30.8. The summed E-state index contributed by atoms with van der Waals surface area (Å²) >= 11 is 0. The van der Waals surface area contributed by atoms with Crippen molar-refractivity contribution in [3.8, 4) is 0 Å². The van der Waals surface area contributed by atoms with Gasteiger partial charge in [0.1, 0.15) is 36.6 Å². The first-order chi connectivity index (χ1) is 38.0. The van der Waals surface area contributed by atoms with Crippen LogP contribution in [0.1, 0.15) is 143 Å². The fourth-order valence-corrected chi connectivity index (χ4v) is 18.2. The van der Waals surface area contributed by atoms with Gasteiger partial charge < -0.3 is 86.4 Å². The van der Waals surface area contributed by atoms with E-state index in [1.807, 2.05) is 0 Å². The van der Waals surface area contributed by atoms with Crippen molar-refractivity contribution in [3.63, 3.8) is 0 Å². The van der Waals surface area contributed by atoms with E-state index in [9.17, 15) is 20.1 Å². The summed E-state index contributed by atoms with van der Waals surface area (Å²) in [5.74, 6) is -2.77. The minimum atomic E-state index is -1.02. The summed E-state index contributed by atoms with van der Waals surface area (Å²) in [6, 6.07) is 0. The fraction of sp³-hybridized carbons (Fsp3) is 0.917. The molecule has 19 nitrogen and oxygen atoms in total. The Kier molecular flexibility index (Phi) is 13.8. The van der Waals surface area contributed by atoms with Crippen LogP contribution < -0.4 is 0 Å². The Labute approximate surface area is 463 Å². The number of ether oxygens (including phenoxy) is 15. The highest BCUT2D eigenvalue weighted by molar-refractivity contribution is 5.70. The maximum absolute atomic E-state index is 14.6. The van der Waals surface area contributed by atoms with Crippen LogP contribution in [0, 0.1) is 23.7 Å². The maximum atomic E-state index is 14.6. The normalized spacial score (nSPS) is 57.2. The molecular weight excluding hydrogens is 1020 g/mol. The van der Waals surface area contributed by atoms with Crippen molar-refractivity contribution in [2.75, 3.05) is 6.61 Å². The van der Waals surface area contributed by atoms with Gasteiger partial charge in [0.15, 0.2) is 17.4 Å². The first kappa shape index (κ1) is 54.0. The fourth-order valence-electron chi connectivity index (χ4n) is 18.2. The molecular formula is C60H86O19. The second-order valence-electron chi connectivity index (χ2n) is 27.5. The lowest BCUT2D eigenvalue weighted by Gasteiger charge is -2.50. The second-order valence-corrected chi connectivity index (χ2v) is 27.5. The molecule has 0 radical (unpaired) electrons. The highest BCUT2D eigenvalue weighted by Gasteiger charge is 2.70. The quantitative estimate of drug-likeness (QED) is 0.251. The number of aliphatic hydroxyl groups is 3. The molecule has 0 saturated carbocycles. The van der Waals surface area contributed by atoms with Crippen molar-refractivity contribution in [2.45, 2.75) is 313 Å². The van der Waals surface area contributed by atoms with Crippen molar-refractivity contribution >= 4 is 5.97 Å². The highest BCUT2D eigenvalue weighted by Crippen LogP contribution is 2.58. The summed E-state index contributed by atoms with van der Waals surface area (Å²) in [5, 5.41) is 30.3. The molecule has 0 aromatic carbocycles. The van der Waals surface area contributed by atoms with Gasteiger partial charge in [-0.1, -0.05) is 40.9 Å². The van der Waals surface area contributed by atoms with Gasteiger partial charge in [-0.05, 0) is 73.8 Å².